The van der Waals surface area contributed by atoms with E-state index in [0.717, 1.165) is 33.3 Å². The molecule has 3 heterocycles. The van der Waals surface area contributed by atoms with Gasteiger partial charge in [-0.05, 0) is 81.8 Å². The minimum absolute atomic E-state index is 0.0444. The number of hydrogen-bond acceptors (Lipinski definition) is 3. The van der Waals surface area contributed by atoms with E-state index in [9.17, 15) is 0 Å². The van der Waals surface area contributed by atoms with Crippen LogP contribution in [0.15, 0.2) is 89.5 Å². The maximum atomic E-state index is 6.60. The third-order valence-corrected chi connectivity index (χ3v) is 8.38. The van der Waals surface area contributed by atoms with Crippen LogP contribution in [0.25, 0.3) is 55.7 Å². The molecule has 3 nitrogen and oxygen atoms in total. The average Bonchev–Trinajstić information content (AvgIpc) is 3.34. The molecule has 0 aliphatic carbocycles. The lowest BCUT2D eigenvalue weighted by molar-refractivity contribution is 0.583. The van der Waals surface area contributed by atoms with Crippen molar-refractivity contribution in [2.24, 2.45) is 0 Å². The molecule has 0 saturated heterocycles. The SMILES string of the molecule is Cc1cc(-c2cccc3c2oc2nc(-c4c(C(C)C)ccc(-c5ccccc5)c4C(C)C)ccc23)ncc1C(C)(C)C. The first-order chi connectivity index (χ1) is 20.0. The topological polar surface area (TPSA) is 38.9 Å². The number of furan rings is 1. The molecule has 6 rings (SSSR count). The quantitative estimate of drug-likeness (QED) is 0.213. The van der Waals surface area contributed by atoms with Gasteiger partial charge in [-0.3, -0.25) is 4.98 Å². The molecule has 42 heavy (non-hydrogen) atoms. The van der Waals surface area contributed by atoms with Gasteiger partial charge in [0.05, 0.1) is 11.4 Å². The number of para-hydroxylation sites is 1. The van der Waals surface area contributed by atoms with E-state index in [1.807, 2.05) is 6.20 Å². The van der Waals surface area contributed by atoms with Crippen molar-refractivity contribution in [2.45, 2.75) is 72.6 Å². The fourth-order valence-electron chi connectivity index (χ4n) is 6.38. The number of benzene rings is 3. The van der Waals surface area contributed by atoms with E-state index in [1.54, 1.807) is 0 Å². The van der Waals surface area contributed by atoms with Crippen LogP contribution in [0.1, 0.15) is 82.6 Å². The summed E-state index contributed by atoms with van der Waals surface area (Å²) >= 11 is 0. The Kier molecular flexibility index (Phi) is 7.01. The molecule has 0 fully saturated rings. The van der Waals surface area contributed by atoms with Crippen molar-refractivity contribution in [1.82, 2.24) is 9.97 Å². The molecule has 3 aromatic carbocycles. The van der Waals surface area contributed by atoms with Crippen LogP contribution in [0.2, 0.25) is 0 Å². The van der Waals surface area contributed by atoms with Crippen LogP contribution in [0.3, 0.4) is 0 Å². The maximum Gasteiger partial charge on any atom is 0.227 e. The van der Waals surface area contributed by atoms with Gasteiger partial charge in [-0.15, -0.1) is 0 Å². The Hall–Kier alpha value is -4.24. The van der Waals surface area contributed by atoms with Crippen molar-refractivity contribution >= 4 is 22.1 Å². The minimum Gasteiger partial charge on any atom is -0.437 e. The van der Waals surface area contributed by atoms with E-state index >= 15 is 0 Å². The van der Waals surface area contributed by atoms with Crippen LogP contribution in [0.5, 0.6) is 0 Å². The average molecular weight is 553 g/mol. The first-order valence-corrected chi connectivity index (χ1v) is 15.1. The number of pyridine rings is 2. The standard InChI is InChI=1S/C39H40N2O/c1-23(2)27-17-18-28(26-13-10-9-11-14-26)35(24(3)4)36(27)33-20-19-30-29-15-12-16-31(37(29)42-38(30)41-33)34-21-25(5)32(22-40-34)39(6,7)8/h9-24H,1-8H3. The van der Waals surface area contributed by atoms with E-state index in [1.165, 1.54) is 38.9 Å². The predicted molar refractivity (Wildman–Crippen MR) is 177 cm³/mol. The van der Waals surface area contributed by atoms with Crippen LogP contribution in [-0.4, -0.2) is 9.97 Å². The van der Waals surface area contributed by atoms with E-state index in [4.69, 9.17) is 14.4 Å². The van der Waals surface area contributed by atoms with Crippen molar-refractivity contribution in [3.05, 3.63) is 107 Å². The zero-order valence-electron chi connectivity index (χ0n) is 26.0. The lowest BCUT2D eigenvalue weighted by Crippen LogP contribution is -2.13. The molecule has 212 valence electrons. The molecule has 3 heteroatoms. The molecular formula is C39H40N2O. The number of rotatable bonds is 5. The third kappa shape index (κ3) is 4.81. The Balaban J connectivity index is 1.56. The molecule has 3 aromatic heterocycles. The minimum atomic E-state index is 0.0444. The zero-order valence-corrected chi connectivity index (χ0v) is 26.0. The molecule has 0 aliphatic heterocycles. The normalized spacial score (nSPS) is 12.2. The van der Waals surface area contributed by atoms with E-state index < -0.39 is 0 Å². The first-order valence-electron chi connectivity index (χ1n) is 15.1. The van der Waals surface area contributed by atoms with E-state index in [-0.39, 0.29) is 5.41 Å². The molecule has 0 bridgehead atoms. The van der Waals surface area contributed by atoms with Crippen LogP contribution in [0.4, 0.5) is 0 Å². The van der Waals surface area contributed by atoms with Crippen molar-refractivity contribution in [3.63, 3.8) is 0 Å². The number of fused-ring (bicyclic) bond motifs is 3. The highest BCUT2D eigenvalue weighted by Crippen LogP contribution is 2.43. The van der Waals surface area contributed by atoms with Crippen LogP contribution in [-0.2, 0) is 5.41 Å². The van der Waals surface area contributed by atoms with Crippen LogP contribution >= 0.6 is 0 Å². The number of nitrogens with zero attached hydrogens (tertiary/aromatic N) is 2. The summed E-state index contributed by atoms with van der Waals surface area (Å²) in [5, 5.41) is 2.09. The number of aryl methyl sites for hydroxylation is 1. The Bertz CT molecular complexity index is 1920. The van der Waals surface area contributed by atoms with Gasteiger partial charge in [-0.25, -0.2) is 4.98 Å². The Morgan fingerprint density at radius 1 is 0.714 bits per heavy atom. The summed E-state index contributed by atoms with van der Waals surface area (Å²) in [5.74, 6) is 0.673. The fraction of sp³-hybridized carbons (Fsp3) is 0.282. The van der Waals surface area contributed by atoms with Gasteiger partial charge < -0.3 is 4.42 Å². The molecule has 6 aromatic rings. The second-order valence-corrected chi connectivity index (χ2v) is 13.1. The summed E-state index contributed by atoms with van der Waals surface area (Å²) < 4.78 is 6.60. The van der Waals surface area contributed by atoms with Gasteiger partial charge in [0.25, 0.3) is 0 Å². The molecule has 0 saturated carbocycles. The first kappa shape index (κ1) is 27.9. The molecular weight excluding hydrogens is 512 g/mol. The molecule has 0 radical (unpaired) electrons. The largest absolute Gasteiger partial charge is 0.437 e. The van der Waals surface area contributed by atoms with Gasteiger partial charge >= 0.3 is 0 Å². The van der Waals surface area contributed by atoms with Crippen molar-refractivity contribution in [1.29, 1.82) is 0 Å². The Morgan fingerprint density at radius 2 is 1.48 bits per heavy atom. The number of aromatic nitrogens is 2. The Labute approximate surface area is 249 Å². The molecule has 0 unspecified atom stereocenters. The van der Waals surface area contributed by atoms with E-state index in [0.29, 0.717) is 17.5 Å². The van der Waals surface area contributed by atoms with Crippen molar-refractivity contribution in [3.8, 4) is 33.6 Å². The Morgan fingerprint density at radius 3 is 2.14 bits per heavy atom. The summed E-state index contributed by atoms with van der Waals surface area (Å²) in [6.45, 7) is 17.9. The van der Waals surface area contributed by atoms with Crippen molar-refractivity contribution in [2.75, 3.05) is 0 Å². The van der Waals surface area contributed by atoms with Gasteiger partial charge in [0.15, 0.2) is 0 Å². The third-order valence-electron chi connectivity index (χ3n) is 8.38. The summed E-state index contributed by atoms with van der Waals surface area (Å²) in [7, 11) is 0. The van der Waals surface area contributed by atoms with Gasteiger partial charge in [0.2, 0.25) is 5.71 Å². The monoisotopic (exact) mass is 552 g/mol. The van der Waals surface area contributed by atoms with Gasteiger partial charge in [0, 0.05) is 28.1 Å². The van der Waals surface area contributed by atoms with Crippen LogP contribution in [0, 0.1) is 6.92 Å². The van der Waals surface area contributed by atoms with Crippen molar-refractivity contribution < 1.29 is 4.42 Å². The second-order valence-electron chi connectivity index (χ2n) is 13.1. The molecule has 0 spiro atoms. The van der Waals surface area contributed by atoms with Gasteiger partial charge in [0.1, 0.15) is 5.58 Å². The molecule has 0 atom stereocenters. The second kappa shape index (κ2) is 10.5. The lowest BCUT2D eigenvalue weighted by atomic mass is 9.82. The summed E-state index contributed by atoms with van der Waals surface area (Å²) in [4.78, 5) is 10.1. The summed E-state index contributed by atoms with van der Waals surface area (Å²) in [6, 6.07) is 28.1. The van der Waals surface area contributed by atoms with Gasteiger partial charge in [-0.2, -0.15) is 0 Å². The van der Waals surface area contributed by atoms with E-state index in [2.05, 4.69) is 134 Å². The highest BCUT2D eigenvalue weighted by molar-refractivity contribution is 6.08. The molecule has 0 aliphatic rings. The number of hydrogen-bond donors (Lipinski definition) is 0. The lowest BCUT2D eigenvalue weighted by Gasteiger charge is -2.23. The highest BCUT2D eigenvalue weighted by atomic mass is 16.3. The van der Waals surface area contributed by atoms with Crippen LogP contribution < -0.4 is 0 Å². The zero-order chi connectivity index (χ0) is 29.8. The fourth-order valence-corrected chi connectivity index (χ4v) is 6.38. The summed E-state index contributed by atoms with van der Waals surface area (Å²) in [6.07, 6.45) is 2.02. The predicted octanol–water partition coefficient (Wildman–Crippen LogP) is 11.2. The van der Waals surface area contributed by atoms with Gasteiger partial charge in [-0.1, -0.05) is 103 Å². The summed E-state index contributed by atoms with van der Waals surface area (Å²) in [5.41, 5.74) is 13.3. The molecule has 0 N–H and O–H groups in total. The maximum absolute atomic E-state index is 6.60. The highest BCUT2D eigenvalue weighted by Gasteiger charge is 2.23. The molecule has 0 amide bonds. The smallest absolute Gasteiger partial charge is 0.227 e.